The minimum absolute atomic E-state index is 0.0275. The van der Waals surface area contributed by atoms with Gasteiger partial charge in [-0.3, -0.25) is 9.59 Å². The molecule has 0 amide bonds. The highest BCUT2D eigenvalue weighted by Gasteiger charge is 2.39. The molecule has 2 atom stereocenters. The van der Waals surface area contributed by atoms with Crippen molar-refractivity contribution in [2.75, 3.05) is 13.2 Å². The molecular formula is C22H19ClO6. The second-order valence-electron chi connectivity index (χ2n) is 6.97. The molecule has 2 unspecified atom stereocenters. The van der Waals surface area contributed by atoms with Gasteiger partial charge in [-0.15, -0.1) is 0 Å². The van der Waals surface area contributed by atoms with Crippen molar-refractivity contribution in [3.63, 3.8) is 0 Å². The number of carbonyl (C=O) groups is 1. The Morgan fingerprint density at radius 1 is 1.17 bits per heavy atom. The van der Waals surface area contributed by atoms with E-state index in [1.165, 1.54) is 6.07 Å². The topological polar surface area (TPSA) is 86.0 Å². The fourth-order valence-electron chi connectivity index (χ4n) is 3.22. The van der Waals surface area contributed by atoms with E-state index >= 15 is 0 Å². The zero-order valence-corrected chi connectivity index (χ0v) is 16.2. The molecule has 0 spiro atoms. The Morgan fingerprint density at radius 2 is 1.97 bits per heavy atom. The van der Waals surface area contributed by atoms with E-state index in [4.69, 9.17) is 30.6 Å². The molecule has 6 nitrogen and oxygen atoms in total. The molecule has 1 heterocycles. The number of carboxylic acid groups (broad SMARTS) is 1. The second-order valence-corrected chi connectivity index (χ2v) is 7.37. The molecule has 2 aromatic carbocycles. The predicted molar refractivity (Wildman–Crippen MR) is 109 cm³/mol. The Labute approximate surface area is 171 Å². The van der Waals surface area contributed by atoms with E-state index in [1.807, 2.05) is 0 Å². The van der Waals surface area contributed by atoms with Crippen LogP contribution in [-0.2, 0) is 9.53 Å². The van der Waals surface area contributed by atoms with E-state index in [9.17, 15) is 9.59 Å². The molecule has 1 saturated carbocycles. The van der Waals surface area contributed by atoms with E-state index in [2.05, 4.69) is 0 Å². The van der Waals surface area contributed by atoms with Crippen molar-refractivity contribution in [2.45, 2.75) is 18.9 Å². The van der Waals surface area contributed by atoms with Crippen molar-refractivity contribution < 1.29 is 23.8 Å². The molecule has 0 bridgehead atoms. The Bertz CT molecular complexity index is 1090. The van der Waals surface area contributed by atoms with Crippen LogP contribution in [0, 0.1) is 5.92 Å². The lowest BCUT2D eigenvalue weighted by molar-refractivity contribution is -0.137. The maximum Gasteiger partial charge on any atom is 0.303 e. The first-order valence-electron chi connectivity index (χ1n) is 9.30. The molecule has 1 N–H and O–H groups in total. The van der Waals surface area contributed by atoms with Gasteiger partial charge in [-0.1, -0.05) is 17.7 Å². The van der Waals surface area contributed by atoms with Crippen LogP contribution in [0.1, 0.15) is 12.8 Å². The van der Waals surface area contributed by atoms with Crippen LogP contribution in [0.3, 0.4) is 0 Å². The van der Waals surface area contributed by atoms with Crippen molar-refractivity contribution in [1.29, 1.82) is 0 Å². The molecule has 150 valence electrons. The molecule has 4 rings (SSSR count). The minimum Gasteiger partial charge on any atom is -0.491 e. The standard InChI is InChI=1S/C22H19ClO6/c23-17-3-1-2-16-18(24)12-20(29-22(16)17)13-4-6-15(7-5-13)27-8-9-28-19-10-14(19)11-21(25)26/h1-7,12,14,19H,8-11H2,(H,25,26). The number of hydrogen-bond acceptors (Lipinski definition) is 5. The first kappa shape index (κ1) is 19.5. The Kier molecular flexibility index (Phi) is 5.56. The lowest BCUT2D eigenvalue weighted by Crippen LogP contribution is -2.09. The summed E-state index contributed by atoms with van der Waals surface area (Å²) in [7, 11) is 0. The summed E-state index contributed by atoms with van der Waals surface area (Å²) in [4.78, 5) is 22.9. The van der Waals surface area contributed by atoms with Crippen molar-refractivity contribution in [2.24, 2.45) is 5.92 Å². The van der Waals surface area contributed by atoms with Gasteiger partial charge in [-0.05, 0) is 48.7 Å². The van der Waals surface area contributed by atoms with E-state index in [0.717, 1.165) is 12.0 Å². The normalized spacial score (nSPS) is 18.0. The third-order valence-electron chi connectivity index (χ3n) is 4.82. The van der Waals surface area contributed by atoms with Crippen molar-refractivity contribution >= 4 is 28.5 Å². The van der Waals surface area contributed by atoms with Crippen LogP contribution in [0.25, 0.3) is 22.3 Å². The predicted octanol–water partition coefficient (Wildman–Crippen LogP) is 4.37. The maximum atomic E-state index is 12.3. The third-order valence-corrected chi connectivity index (χ3v) is 5.12. The van der Waals surface area contributed by atoms with Gasteiger partial charge in [0.1, 0.15) is 18.1 Å². The number of carboxylic acids is 1. The molecule has 1 aliphatic carbocycles. The number of hydrogen-bond donors (Lipinski definition) is 1. The van der Waals surface area contributed by atoms with E-state index in [1.54, 1.807) is 42.5 Å². The molecule has 0 saturated heterocycles. The van der Waals surface area contributed by atoms with E-state index in [-0.39, 0.29) is 23.9 Å². The molecule has 1 aromatic heterocycles. The van der Waals surface area contributed by atoms with Crippen LogP contribution in [0.15, 0.2) is 57.7 Å². The van der Waals surface area contributed by atoms with Crippen molar-refractivity contribution in [3.05, 3.63) is 63.8 Å². The van der Waals surface area contributed by atoms with Crippen LogP contribution in [-0.4, -0.2) is 30.4 Å². The highest BCUT2D eigenvalue weighted by Crippen LogP contribution is 2.36. The highest BCUT2D eigenvalue weighted by atomic mass is 35.5. The van der Waals surface area contributed by atoms with Crippen LogP contribution in [0.2, 0.25) is 5.02 Å². The summed E-state index contributed by atoms with van der Waals surface area (Å²) in [5.41, 5.74) is 0.958. The van der Waals surface area contributed by atoms with Gasteiger partial charge >= 0.3 is 5.97 Å². The van der Waals surface area contributed by atoms with E-state index in [0.29, 0.717) is 40.7 Å². The van der Waals surface area contributed by atoms with Crippen LogP contribution in [0.5, 0.6) is 5.75 Å². The van der Waals surface area contributed by atoms with Gasteiger partial charge in [0.2, 0.25) is 0 Å². The number of halogens is 1. The molecule has 0 radical (unpaired) electrons. The van der Waals surface area contributed by atoms with Crippen molar-refractivity contribution in [3.8, 4) is 17.1 Å². The molecule has 1 fully saturated rings. The first-order valence-corrected chi connectivity index (χ1v) is 9.68. The van der Waals surface area contributed by atoms with Crippen LogP contribution >= 0.6 is 11.6 Å². The van der Waals surface area contributed by atoms with Gasteiger partial charge in [-0.2, -0.15) is 0 Å². The van der Waals surface area contributed by atoms with Gasteiger partial charge < -0.3 is 19.0 Å². The number of fused-ring (bicyclic) bond motifs is 1. The Morgan fingerprint density at radius 3 is 2.72 bits per heavy atom. The molecule has 0 aliphatic heterocycles. The minimum atomic E-state index is -0.790. The summed E-state index contributed by atoms with van der Waals surface area (Å²) in [6.45, 7) is 0.775. The van der Waals surface area contributed by atoms with Crippen LogP contribution < -0.4 is 10.2 Å². The summed E-state index contributed by atoms with van der Waals surface area (Å²) in [6.07, 6.45) is 0.977. The lowest BCUT2D eigenvalue weighted by Gasteiger charge is -2.08. The summed E-state index contributed by atoms with van der Waals surface area (Å²) in [6, 6.07) is 13.7. The molecule has 3 aromatic rings. The summed E-state index contributed by atoms with van der Waals surface area (Å²) >= 11 is 6.15. The highest BCUT2D eigenvalue weighted by molar-refractivity contribution is 6.34. The zero-order chi connectivity index (χ0) is 20.4. The molecule has 7 heteroatoms. The number of para-hydroxylation sites is 1. The summed E-state index contributed by atoms with van der Waals surface area (Å²) in [5.74, 6) is 0.430. The first-order chi connectivity index (χ1) is 14.0. The van der Waals surface area contributed by atoms with Gasteiger partial charge in [0.15, 0.2) is 11.0 Å². The van der Waals surface area contributed by atoms with Crippen molar-refractivity contribution in [1.82, 2.24) is 0 Å². The average molecular weight is 415 g/mol. The molecular weight excluding hydrogens is 396 g/mol. The number of aliphatic carboxylic acids is 1. The molecule has 29 heavy (non-hydrogen) atoms. The Hall–Kier alpha value is -2.83. The zero-order valence-electron chi connectivity index (χ0n) is 15.5. The summed E-state index contributed by atoms with van der Waals surface area (Å²) < 4.78 is 17.1. The van der Waals surface area contributed by atoms with Gasteiger partial charge in [-0.25, -0.2) is 0 Å². The number of rotatable bonds is 8. The maximum absolute atomic E-state index is 12.3. The summed E-state index contributed by atoms with van der Waals surface area (Å²) in [5, 5.41) is 9.57. The molecule has 1 aliphatic rings. The third kappa shape index (κ3) is 4.60. The second kappa shape index (κ2) is 8.27. The van der Waals surface area contributed by atoms with E-state index < -0.39 is 5.97 Å². The largest absolute Gasteiger partial charge is 0.491 e. The SMILES string of the molecule is O=C(O)CC1CC1OCCOc1ccc(-c2cc(=O)c3cccc(Cl)c3o2)cc1. The fraction of sp³-hybridized carbons (Fsp3) is 0.273. The monoisotopic (exact) mass is 414 g/mol. The smallest absolute Gasteiger partial charge is 0.303 e. The number of ether oxygens (including phenoxy) is 2. The average Bonchev–Trinajstić information content (AvgIpc) is 3.43. The van der Waals surface area contributed by atoms with Crippen LogP contribution in [0.4, 0.5) is 0 Å². The van der Waals surface area contributed by atoms with Gasteiger partial charge in [0.25, 0.3) is 0 Å². The quantitative estimate of drug-likeness (QED) is 0.551. The van der Waals surface area contributed by atoms with Gasteiger partial charge in [0.05, 0.1) is 29.5 Å². The fourth-order valence-corrected chi connectivity index (χ4v) is 3.44. The lowest BCUT2D eigenvalue weighted by atomic mass is 10.1. The van der Waals surface area contributed by atoms with Gasteiger partial charge in [0, 0.05) is 11.6 Å². The number of benzene rings is 2. The Balaban J connectivity index is 1.35.